The maximum absolute atomic E-state index is 12.6. The Balaban J connectivity index is 2.19. The lowest BCUT2D eigenvalue weighted by atomic mass is 10.0. The van der Waals surface area contributed by atoms with Gasteiger partial charge in [0.1, 0.15) is 0 Å². The molecule has 1 amide bonds. The maximum atomic E-state index is 12.6. The zero-order valence-electron chi connectivity index (χ0n) is 11.1. The van der Waals surface area contributed by atoms with Gasteiger partial charge in [0.2, 0.25) is 11.8 Å². The first-order valence-corrected chi connectivity index (χ1v) is 6.79. The smallest absolute Gasteiger partial charge is 0.337 e. The van der Waals surface area contributed by atoms with Crippen LogP contribution in [-0.4, -0.2) is 48.3 Å². The minimum atomic E-state index is -5.62. The molecule has 2 rings (SSSR count). The second-order valence-electron chi connectivity index (χ2n) is 5.46. The number of hydrogen-bond donors (Lipinski definition) is 1. The van der Waals surface area contributed by atoms with E-state index in [1.54, 1.807) is 0 Å². The van der Waals surface area contributed by atoms with E-state index in [9.17, 15) is 31.1 Å². The van der Waals surface area contributed by atoms with E-state index < -0.39 is 30.2 Å². The highest BCUT2D eigenvalue weighted by Gasteiger charge is 2.62. The zero-order chi connectivity index (χ0) is 15.8. The largest absolute Gasteiger partial charge is 0.409 e. The predicted octanol–water partition coefficient (Wildman–Crippen LogP) is 2.47. The average molecular weight is 318 g/mol. The van der Waals surface area contributed by atoms with Crippen molar-refractivity contribution in [2.24, 2.45) is 5.92 Å². The third-order valence-electron chi connectivity index (χ3n) is 4.05. The molecule has 2 fully saturated rings. The highest BCUT2D eigenvalue weighted by atomic mass is 19.4. The fourth-order valence-electron chi connectivity index (χ4n) is 3.16. The van der Waals surface area contributed by atoms with Crippen molar-refractivity contribution in [1.29, 1.82) is 0 Å². The highest BCUT2D eigenvalue weighted by molar-refractivity contribution is 5.81. The first-order valence-electron chi connectivity index (χ1n) is 6.79. The second kappa shape index (κ2) is 5.66. The lowest BCUT2D eigenvalue weighted by Gasteiger charge is -2.33. The Morgan fingerprint density at radius 1 is 1.05 bits per heavy atom. The molecule has 2 heterocycles. The van der Waals surface area contributed by atoms with Gasteiger partial charge in [-0.25, -0.2) is 0 Å². The number of likely N-dealkylation sites (tertiary alicyclic amines) is 1. The Labute approximate surface area is 117 Å². The van der Waals surface area contributed by atoms with Crippen LogP contribution in [-0.2, 0) is 4.79 Å². The van der Waals surface area contributed by atoms with Crippen LogP contribution in [0.2, 0.25) is 0 Å². The molecular weight excluding hydrogens is 302 g/mol. The van der Waals surface area contributed by atoms with Gasteiger partial charge in [-0.05, 0) is 32.2 Å². The molecule has 0 spiro atoms. The zero-order valence-corrected chi connectivity index (χ0v) is 11.1. The molecular formula is C12H16F6N2O. The summed E-state index contributed by atoms with van der Waals surface area (Å²) in [6.07, 6.45) is -8.90. The van der Waals surface area contributed by atoms with Crippen LogP contribution in [0.1, 0.15) is 25.7 Å². The van der Waals surface area contributed by atoms with Crippen molar-refractivity contribution in [1.82, 2.24) is 10.2 Å². The van der Waals surface area contributed by atoms with Gasteiger partial charge in [0, 0.05) is 18.6 Å². The van der Waals surface area contributed by atoms with Crippen molar-refractivity contribution in [3.05, 3.63) is 0 Å². The first-order chi connectivity index (χ1) is 9.62. The predicted molar refractivity (Wildman–Crippen MR) is 61.4 cm³/mol. The number of halogens is 6. The van der Waals surface area contributed by atoms with Crippen molar-refractivity contribution in [2.75, 3.05) is 13.1 Å². The van der Waals surface area contributed by atoms with E-state index in [1.165, 1.54) is 0 Å². The molecule has 0 aliphatic carbocycles. The Kier molecular flexibility index (Phi) is 4.41. The van der Waals surface area contributed by atoms with Crippen LogP contribution >= 0.6 is 0 Å². The number of hydrogen-bond acceptors (Lipinski definition) is 2. The third kappa shape index (κ3) is 3.44. The van der Waals surface area contributed by atoms with E-state index in [0.717, 1.165) is 11.3 Å². The molecule has 2 aliphatic rings. The summed E-state index contributed by atoms with van der Waals surface area (Å²) in [4.78, 5) is 12.6. The summed E-state index contributed by atoms with van der Waals surface area (Å²) in [5.41, 5.74) is 0. The van der Waals surface area contributed by atoms with Gasteiger partial charge in [0.05, 0.1) is 0 Å². The van der Waals surface area contributed by atoms with E-state index in [0.29, 0.717) is 25.8 Å². The Bertz CT molecular complexity index is 374. The summed E-state index contributed by atoms with van der Waals surface area (Å²) in [5.74, 6) is -5.79. The molecule has 9 heteroatoms. The minimum Gasteiger partial charge on any atom is -0.337 e. The number of rotatable bonds is 2. The van der Waals surface area contributed by atoms with Gasteiger partial charge in [0.25, 0.3) is 0 Å². The quantitative estimate of drug-likeness (QED) is 0.793. The average Bonchev–Trinajstić information content (AvgIpc) is 2.95. The van der Waals surface area contributed by atoms with E-state index in [1.807, 2.05) is 0 Å². The molecule has 0 aromatic heterocycles. The summed E-state index contributed by atoms with van der Waals surface area (Å²) in [6.45, 7) is 0.621. The molecule has 2 saturated heterocycles. The van der Waals surface area contributed by atoms with E-state index in [4.69, 9.17) is 0 Å². The SMILES string of the molecule is O=C(C(C(F)(F)F)C(F)(F)F)N1CCCC1C1CCCN1. The molecule has 21 heavy (non-hydrogen) atoms. The Morgan fingerprint density at radius 3 is 2.14 bits per heavy atom. The number of carbonyl (C=O) groups is 1. The number of nitrogens with zero attached hydrogens (tertiary/aromatic N) is 1. The fourth-order valence-corrected chi connectivity index (χ4v) is 3.16. The molecule has 2 unspecified atom stereocenters. The van der Waals surface area contributed by atoms with Crippen LogP contribution in [0.3, 0.4) is 0 Å². The molecule has 2 aliphatic heterocycles. The molecule has 0 radical (unpaired) electrons. The van der Waals surface area contributed by atoms with Gasteiger partial charge in [-0.2, -0.15) is 26.3 Å². The fraction of sp³-hybridized carbons (Fsp3) is 0.917. The molecule has 0 saturated carbocycles. The van der Waals surface area contributed by atoms with Crippen LogP contribution in [0.25, 0.3) is 0 Å². The van der Waals surface area contributed by atoms with Crippen LogP contribution < -0.4 is 5.32 Å². The Hall–Kier alpha value is -0.990. The van der Waals surface area contributed by atoms with Gasteiger partial charge < -0.3 is 10.2 Å². The normalized spacial score (nSPS) is 27.7. The minimum absolute atomic E-state index is 0.0513. The highest BCUT2D eigenvalue weighted by Crippen LogP contribution is 2.41. The van der Waals surface area contributed by atoms with E-state index in [2.05, 4.69) is 5.32 Å². The Morgan fingerprint density at radius 2 is 1.67 bits per heavy atom. The van der Waals surface area contributed by atoms with Gasteiger partial charge in [0.15, 0.2) is 0 Å². The molecule has 0 bridgehead atoms. The van der Waals surface area contributed by atoms with Crippen LogP contribution in [0.15, 0.2) is 0 Å². The van der Waals surface area contributed by atoms with Gasteiger partial charge in [-0.1, -0.05) is 0 Å². The van der Waals surface area contributed by atoms with Crippen LogP contribution in [0.4, 0.5) is 26.3 Å². The van der Waals surface area contributed by atoms with Crippen LogP contribution in [0, 0.1) is 5.92 Å². The monoisotopic (exact) mass is 318 g/mol. The topological polar surface area (TPSA) is 32.3 Å². The molecule has 1 N–H and O–H groups in total. The summed E-state index contributed by atoms with van der Waals surface area (Å²) in [7, 11) is 0. The number of nitrogens with one attached hydrogen (secondary N) is 1. The maximum Gasteiger partial charge on any atom is 0.409 e. The second-order valence-corrected chi connectivity index (χ2v) is 5.46. The van der Waals surface area contributed by atoms with Gasteiger partial charge in [-0.3, -0.25) is 4.79 Å². The first kappa shape index (κ1) is 16.4. The molecule has 2 atom stereocenters. The lowest BCUT2D eigenvalue weighted by molar-refractivity contribution is -0.277. The van der Waals surface area contributed by atoms with Crippen LogP contribution in [0.5, 0.6) is 0 Å². The standard InChI is InChI=1S/C12H16F6N2O/c13-11(14,15)9(12(16,17)18)10(21)20-6-2-4-8(20)7-3-1-5-19-7/h7-9,19H,1-6H2. The van der Waals surface area contributed by atoms with Crippen molar-refractivity contribution in [3.8, 4) is 0 Å². The number of carbonyl (C=O) groups excluding carboxylic acids is 1. The molecule has 122 valence electrons. The summed E-state index contributed by atoms with van der Waals surface area (Å²) >= 11 is 0. The summed E-state index contributed by atoms with van der Waals surface area (Å²) < 4.78 is 75.8. The van der Waals surface area contributed by atoms with Crippen molar-refractivity contribution >= 4 is 5.91 Å². The number of alkyl halides is 6. The van der Waals surface area contributed by atoms with Gasteiger partial charge >= 0.3 is 12.4 Å². The molecule has 0 aromatic carbocycles. The van der Waals surface area contributed by atoms with Crippen molar-refractivity contribution in [2.45, 2.75) is 50.1 Å². The van der Waals surface area contributed by atoms with Crippen molar-refractivity contribution < 1.29 is 31.1 Å². The molecule has 3 nitrogen and oxygen atoms in total. The third-order valence-corrected chi connectivity index (χ3v) is 4.05. The number of amides is 1. The lowest BCUT2D eigenvalue weighted by Crippen LogP contribution is -2.54. The van der Waals surface area contributed by atoms with E-state index >= 15 is 0 Å². The molecule has 0 aromatic rings. The van der Waals surface area contributed by atoms with E-state index in [-0.39, 0.29) is 12.6 Å². The van der Waals surface area contributed by atoms with Crippen molar-refractivity contribution in [3.63, 3.8) is 0 Å². The summed E-state index contributed by atoms with van der Waals surface area (Å²) in [6, 6.07) is -0.786. The summed E-state index contributed by atoms with van der Waals surface area (Å²) in [5, 5.41) is 3.04. The van der Waals surface area contributed by atoms with Gasteiger partial charge in [-0.15, -0.1) is 0 Å².